The Labute approximate surface area is 244 Å². The highest BCUT2D eigenvalue weighted by Gasteiger charge is 2.52. The molecule has 7 aromatic rings. The summed E-state index contributed by atoms with van der Waals surface area (Å²) in [4.78, 5) is 0. The lowest BCUT2D eigenvalue weighted by molar-refractivity contribution is 0.487. The fourth-order valence-corrected chi connectivity index (χ4v) is 8.18. The molecule has 2 aliphatic carbocycles. The third-order valence-electron chi connectivity index (χ3n) is 9.70. The predicted molar refractivity (Wildman–Crippen MR) is 171 cm³/mol. The first-order valence-electron chi connectivity index (χ1n) is 14.6. The van der Waals surface area contributed by atoms with E-state index in [2.05, 4.69) is 146 Å². The molecule has 1 heterocycles. The Morgan fingerprint density at radius 3 is 1.62 bits per heavy atom. The molecule has 0 fully saturated rings. The van der Waals surface area contributed by atoms with Crippen molar-refractivity contribution in [1.82, 2.24) is 0 Å². The molecule has 10 rings (SSSR count). The van der Waals surface area contributed by atoms with Crippen LogP contribution in [0.25, 0.3) is 55.3 Å². The van der Waals surface area contributed by atoms with Crippen LogP contribution in [0, 0.1) is 0 Å². The predicted octanol–water partition coefficient (Wildman–Crippen LogP) is 10.6. The highest BCUT2D eigenvalue weighted by Crippen LogP contribution is 2.64. The molecule has 0 amide bonds. The summed E-state index contributed by atoms with van der Waals surface area (Å²) in [5.41, 5.74) is 15.3. The van der Waals surface area contributed by atoms with E-state index in [1.165, 1.54) is 72.0 Å². The smallest absolute Gasteiger partial charge is 0.135 e. The maximum absolute atomic E-state index is 6.44. The van der Waals surface area contributed by atoms with Crippen molar-refractivity contribution in [3.05, 3.63) is 168 Å². The first kappa shape index (κ1) is 22.3. The Bertz CT molecular complexity index is 2240. The third kappa shape index (κ3) is 2.56. The van der Waals surface area contributed by atoms with Gasteiger partial charge in [-0.05, 0) is 73.2 Å². The number of hydrogen-bond acceptors (Lipinski definition) is 1. The summed E-state index contributed by atoms with van der Waals surface area (Å²) in [7, 11) is 0. The Morgan fingerprint density at radius 2 is 0.857 bits per heavy atom. The fourth-order valence-electron chi connectivity index (χ4n) is 8.18. The van der Waals surface area contributed by atoms with Gasteiger partial charge in [-0.1, -0.05) is 133 Å². The van der Waals surface area contributed by atoms with E-state index in [-0.39, 0.29) is 5.41 Å². The number of fused-ring (bicyclic) bond motifs is 12. The van der Waals surface area contributed by atoms with E-state index in [0.717, 1.165) is 17.1 Å². The molecule has 0 atom stereocenters. The maximum atomic E-state index is 6.44. The minimum Gasteiger partial charge on any atom is -0.456 e. The molecule has 0 bridgehead atoms. The molecule has 0 unspecified atom stereocenters. The van der Waals surface area contributed by atoms with Crippen molar-refractivity contribution in [2.75, 3.05) is 0 Å². The molecule has 0 saturated carbocycles. The van der Waals surface area contributed by atoms with Crippen LogP contribution in [0.1, 0.15) is 22.3 Å². The van der Waals surface area contributed by atoms with Gasteiger partial charge in [0.25, 0.3) is 0 Å². The molecule has 7 aromatic carbocycles. The Kier molecular flexibility index (Phi) is 4.18. The maximum Gasteiger partial charge on any atom is 0.135 e. The summed E-state index contributed by atoms with van der Waals surface area (Å²) < 4.78 is 6.44. The molecule has 0 aromatic heterocycles. The second kappa shape index (κ2) is 7.87. The molecule has 194 valence electrons. The van der Waals surface area contributed by atoms with Crippen molar-refractivity contribution in [3.8, 4) is 56.0 Å². The van der Waals surface area contributed by atoms with Gasteiger partial charge in [-0.15, -0.1) is 0 Å². The first-order valence-corrected chi connectivity index (χ1v) is 14.6. The lowest BCUT2D eigenvalue weighted by atomic mass is 9.70. The summed E-state index contributed by atoms with van der Waals surface area (Å²) >= 11 is 0. The van der Waals surface area contributed by atoms with Gasteiger partial charge in [0, 0.05) is 16.5 Å². The van der Waals surface area contributed by atoms with Crippen LogP contribution < -0.4 is 4.74 Å². The van der Waals surface area contributed by atoms with Crippen LogP contribution in [0.2, 0.25) is 0 Å². The van der Waals surface area contributed by atoms with Crippen LogP contribution in [0.5, 0.6) is 11.5 Å². The van der Waals surface area contributed by atoms with Crippen molar-refractivity contribution in [2.45, 2.75) is 5.41 Å². The zero-order chi connectivity index (χ0) is 27.4. The Balaban J connectivity index is 1.36. The quantitative estimate of drug-likeness (QED) is 0.204. The number of hydrogen-bond donors (Lipinski definition) is 0. The van der Waals surface area contributed by atoms with Gasteiger partial charge < -0.3 is 4.74 Å². The molecule has 0 radical (unpaired) electrons. The normalized spacial score (nSPS) is 14.1. The highest BCUT2D eigenvalue weighted by molar-refractivity contribution is 6.12. The molecular formula is C41H24O. The van der Waals surface area contributed by atoms with Gasteiger partial charge >= 0.3 is 0 Å². The third-order valence-corrected chi connectivity index (χ3v) is 9.70. The Hall–Kier alpha value is -5.40. The van der Waals surface area contributed by atoms with E-state index in [4.69, 9.17) is 4.74 Å². The van der Waals surface area contributed by atoms with Gasteiger partial charge in [-0.3, -0.25) is 0 Å². The molecule has 1 spiro atoms. The van der Waals surface area contributed by atoms with E-state index in [0.29, 0.717) is 0 Å². The second-order valence-electron chi connectivity index (χ2n) is 11.6. The number of ether oxygens (including phenoxy) is 1. The van der Waals surface area contributed by atoms with Crippen LogP contribution in [0.3, 0.4) is 0 Å². The summed E-state index contributed by atoms with van der Waals surface area (Å²) in [6.07, 6.45) is 0. The number of benzene rings is 7. The van der Waals surface area contributed by atoms with Crippen molar-refractivity contribution >= 4 is 10.8 Å². The summed E-state index contributed by atoms with van der Waals surface area (Å²) in [5, 5.41) is 2.38. The molecule has 1 nitrogen and oxygen atoms in total. The van der Waals surface area contributed by atoms with Crippen molar-refractivity contribution < 1.29 is 4.74 Å². The molecule has 42 heavy (non-hydrogen) atoms. The monoisotopic (exact) mass is 532 g/mol. The molecule has 0 saturated heterocycles. The van der Waals surface area contributed by atoms with E-state index in [1.54, 1.807) is 0 Å². The summed E-state index contributed by atoms with van der Waals surface area (Å²) in [6, 6.07) is 53.4. The molecule has 1 heteroatoms. The standard InChI is InChI=1S/C41H24O/c1-5-17-32-26(12-1)27-13-2-6-18-33(27)41(32)34-19-7-3-14-30(34)39-28(16-10-20-35(39)41)29-24-23-25-11-9-22-37-38(25)40(29)31-15-4-8-21-36(31)42-37/h1-24H. The number of rotatable bonds is 1. The summed E-state index contributed by atoms with van der Waals surface area (Å²) in [5.74, 6) is 1.83. The van der Waals surface area contributed by atoms with Crippen molar-refractivity contribution in [2.24, 2.45) is 0 Å². The van der Waals surface area contributed by atoms with Gasteiger partial charge in [-0.25, -0.2) is 0 Å². The van der Waals surface area contributed by atoms with E-state index >= 15 is 0 Å². The van der Waals surface area contributed by atoms with Gasteiger partial charge in [0.1, 0.15) is 11.5 Å². The average molecular weight is 533 g/mol. The van der Waals surface area contributed by atoms with E-state index in [9.17, 15) is 0 Å². The minimum atomic E-state index is -0.352. The van der Waals surface area contributed by atoms with E-state index < -0.39 is 0 Å². The van der Waals surface area contributed by atoms with Gasteiger partial charge in [0.2, 0.25) is 0 Å². The molecule has 3 aliphatic rings. The van der Waals surface area contributed by atoms with Crippen LogP contribution in [0.4, 0.5) is 0 Å². The van der Waals surface area contributed by atoms with Gasteiger partial charge in [0.15, 0.2) is 0 Å². The second-order valence-corrected chi connectivity index (χ2v) is 11.6. The topological polar surface area (TPSA) is 9.23 Å². The summed E-state index contributed by atoms with van der Waals surface area (Å²) in [6.45, 7) is 0. The van der Waals surface area contributed by atoms with Gasteiger partial charge in [0.05, 0.1) is 5.41 Å². The van der Waals surface area contributed by atoms with Crippen molar-refractivity contribution in [1.29, 1.82) is 0 Å². The minimum absolute atomic E-state index is 0.352. The molecule has 1 aliphatic heterocycles. The van der Waals surface area contributed by atoms with Crippen LogP contribution in [-0.4, -0.2) is 0 Å². The van der Waals surface area contributed by atoms with Crippen LogP contribution in [-0.2, 0) is 5.41 Å². The first-order chi connectivity index (χ1) is 20.9. The number of para-hydroxylation sites is 1. The highest BCUT2D eigenvalue weighted by atomic mass is 16.5. The Morgan fingerprint density at radius 1 is 0.333 bits per heavy atom. The zero-order valence-electron chi connectivity index (χ0n) is 22.8. The molecular weight excluding hydrogens is 508 g/mol. The lowest BCUT2D eigenvalue weighted by Crippen LogP contribution is -2.25. The van der Waals surface area contributed by atoms with Crippen LogP contribution >= 0.6 is 0 Å². The largest absolute Gasteiger partial charge is 0.456 e. The average Bonchev–Trinajstić information content (AvgIpc) is 3.53. The molecule has 0 N–H and O–H groups in total. The van der Waals surface area contributed by atoms with E-state index in [1.807, 2.05) is 0 Å². The fraction of sp³-hybridized carbons (Fsp3) is 0.0244. The zero-order valence-corrected chi connectivity index (χ0v) is 22.8. The lowest BCUT2D eigenvalue weighted by Gasteiger charge is -2.30. The van der Waals surface area contributed by atoms with Crippen LogP contribution in [0.15, 0.2) is 146 Å². The van der Waals surface area contributed by atoms with Gasteiger partial charge in [-0.2, -0.15) is 0 Å². The van der Waals surface area contributed by atoms with Crippen molar-refractivity contribution in [3.63, 3.8) is 0 Å². The SMILES string of the molecule is c1ccc2c(c1)Oc1cccc3ccc(-c4cccc5c4-c4ccccc4C54c5ccccc5-c5ccccc54)c-2c13.